The molecule has 2 rings (SSSR count). The van der Waals surface area contributed by atoms with E-state index in [2.05, 4.69) is 5.32 Å². The summed E-state index contributed by atoms with van der Waals surface area (Å²) >= 11 is 0. The van der Waals surface area contributed by atoms with Crippen LogP contribution in [0, 0.1) is 5.92 Å². The fourth-order valence-corrected chi connectivity index (χ4v) is 3.01. The van der Waals surface area contributed by atoms with Crippen LogP contribution < -0.4 is 5.32 Å². The van der Waals surface area contributed by atoms with Gasteiger partial charge in [-0.3, -0.25) is 4.79 Å². The lowest BCUT2D eigenvalue weighted by molar-refractivity contribution is -0.132. The topological polar surface area (TPSA) is 41.6 Å². The molecule has 1 N–H and O–H groups in total. The van der Waals surface area contributed by atoms with Gasteiger partial charge in [0.15, 0.2) is 0 Å². The zero-order valence-electron chi connectivity index (χ0n) is 10.9. The van der Waals surface area contributed by atoms with Crippen molar-refractivity contribution >= 4 is 5.91 Å². The van der Waals surface area contributed by atoms with Gasteiger partial charge in [-0.15, -0.1) is 0 Å². The molecule has 0 spiro atoms. The third kappa shape index (κ3) is 3.19. The normalized spacial score (nSPS) is 29.8. The Balaban J connectivity index is 1.78. The zero-order chi connectivity index (χ0) is 12.3. The van der Waals surface area contributed by atoms with Gasteiger partial charge in [0, 0.05) is 27.2 Å². The Hall–Kier alpha value is -0.610. The predicted octanol–water partition coefficient (Wildman–Crippen LogP) is 1.01. The molecule has 1 amide bonds. The first-order valence-corrected chi connectivity index (χ1v) is 6.72. The second kappa shape index (κ2) is 5.83. The van der Waals surface area contributed by atoms with E-state index >= 15 is 0 Å². The van der Waals surface area contributed by atoms with Crippen LogP contribution in [0.4, 0.5) is 0 Å². The maximum Gasteiger partial charge on any atom is 0.239 e. The number of likely N-dealkylation sites (N-methyl/N-ethyl adjacent to an activating group) is 1. The number of hydrogen-bond donors (Lipinski definition) is 1. The fourth-order valence-electron chi connectivity index (χ4n) is 3.01. The van der Waals surface area contributed by atoms with Gasteiger partial charge in [0.25, 0.3) is 0 Å². The van der Waals surface area contributed by atoms with Gasteiger partial charge in [-0.25, -0.2) is 0 Å². The molecule has 2 atom stereocenters. The molecule has 4 heteroatoms. The Kier molecular flexibility index (Phi) is 4.40. The van der Waals surface area contributed by atoms with Crippen LogP contribution in [0.2, 0.25) is 0 Å². The van der Waals surface area contributed by atoms with Crippen molar-refractivity contribution in [3.63, 3.8) is 0 Å². The van der Waals surface area contributed by atoms with Crippen LogP contribution in [0.15, 0.2) is 0 Å². The van der Waals surface area contributed by atoms with E-state index < -0.39 is 0 Å². The highest BCUT2D eigenvalue weighted by molar-refractivity contribution is 5.82. The number of nitrogens with zero attached hydrogens (tertiary/aromatic N) is 1. The van der Waals surface area contributed by atoms with Gasteiger partial charge in [0.1, 0.15) is 0 Å². The first-order chi connectivity index (χ1) is 8.20. The van der Waals surface area contributed by atoms with Crippen LogP contribution in [0.3, 0.4) is 0 Å². The molecule has 17 heavy (non-hydrogen) atoms. The highest BCUT2D eigenvalue weighted by atomic mass is 16.5. The third-order valence-corrected chi connectivity index (χ3v) is 4.10. The predicted molar refractivity (Wildman–Crippen MR) is 66.8 cm³/mol. The van der Waals surface area contributed by atoms with Gasteiger partial charge in [-0.2, -0.15) is 0 Å². The van der Waals surface area contributed by atoms with E-state index in [1.165, 1.54) is 25.7 Å². The highest BCUT2D eigenvalue weighted by Crippen LogP contribution is 2.25. The molecule has 0 bridgehead atoms. The maximum absolute atomic E-state index is 12.2. The van der Waals surface area contributed by atoms with Crippen molar-refractivity contribution in [2.45, 2.75) is 44.2 Å². The molecule has 0 aromatic rings. The minimum Gasteiger partial charge on any atom is -0.380 e. The molecule has 0 aromatic carbocycles. The first kappa shape index (κ1) is 12.8. The Morgan fingerprint density at radius 2 is 2.12 bits per heavy atom. The molecule has 4 nitrogen and oxygen atoms in total. The molecule has 1 aliphatic carbocycles. The van der Waals surface area contributed by atoms with E-state index in [-0.39, 0.29) is 18.1 Å². The van der Waals surface area contributed by atoms with Gasteiger partial charge in [-0.1, -0.05) is 12.8 Å². The number of carbonyl (C=O) groups excluding carboxylic acids is 1. The van der Waals surface area contributed by atoms with Crippen molar-refractivity contribution in [1.29, 1.82) is 0 Å². The molecule has 98 valence electrons. The fraction of sp³-hybridized carbons (Fsp3) is 0.923. The Morgan fingerprint density at radius 1 is 1.41 bits per heavy atom. The smallest absolute Gasteiger partial charge is 0.239 e. The molecule has 0 aromatic heterocycles. The summed E-state index contributed by atoms with van der Waals surface area (Å²) in [6, 6.07) is -0.0358. The van der Waals surface area contributed by atoms with Crippen LogP contribution in [0.5, 0.6) is 0 Å². The summed E-state index contributed by atoms with van der Waals surface area (Å²) in [5, 5.41) is 3.25. The summed E-state index contributed by atoms with van der Waals surface area (Å²) in [5.41, 5.74) is 0. The summed E-state index contributed by atoms with van der Waals surface area (Å²) in [4.78, 5) is 14.1. The Bertz CT molecular complexity index is 264. The van der Waals surface area contributed by atoms with E-state index in [0.717, 1.165) is 25.4 Å². The molecule has 1 saturated carbocycles. The first-order valence-electron chi connectivity index (χ1n) is 6.72. The monoisotopic (exact) mass is 240 g/mol. The standard InChI is InChI=1S/C13H24N2O2/c1-15(9-10-5-3-4-6-10)13(16)12-7-11(17-2)8-14-12/h10-12,14H,3-9H2,1-2H3. The van der Waals surface area contributed by atoms with Gasteiger partial charge < -0.3 is 15.0 Å². The molecule has 2 unspecified atom stereocenters. The number of methoxy groups -OCH3 is 1. The minimum atomic E-state index is -0.0358. The summed E-state index contributed by atoms with van der Waals surface area (Å²) in [6.07, 6.45) is 6.25. The van der Waals surface area contributed by atoms with E-state index in [0.29, 0.717) is 0 Å². The van der Waals surface area contributed by atoms with Gasteiger partial charge in [0.05, 0.1) is 12.1 Å². The molecular weight excluding hydrogens is 216 g/mol. The van der Waals surface area contributed by atoms with Crippen LogP contribution >= 0.6 is 0 Å². The van der Waals surface area contributed by atoms with Crippen molar-refractivity contribution in [2.24, 2.45) is 5.92 Å². The zero-order valence-corrected chi connectivity index (χ0v) is 10.9. The second-order valence-electron chi connectivity index (χ2n) is 5.42. The SMILES string of the molecule is COC1CNC(C(=O)N(C)CC2CCCC2)C1. The largest absolute Gasteiger partial charge is 0.380 e. The Morgan fingerprint density at radius 3 is 2.71 bits per heavy atom. The van der Waals surface area contributed by atoms with Gasteiger partial charge in [0.2, 0.25) is 5.91 Å². The molecule has 1 heterocycles. The van der Waals surface area contributed by atoms with E-state index in [9.17, 15) is 4.79 Å². The number of nitrogens with one attached hydrogen (secondary N) is 1. The average molecular weight is 240 g/mol. The summed E-state index contributed by atoms with van der Waals surface area (Å²) < 4.78 is 5.27. The van der Waals surface area contributed by atoms with E-state index in [1.807, 2.05) is 11.9 Å². The summed E-state index contributed by atoms with van der Waals surface area (Å²) in [6.45, 7) is 1.72. The van der Waals surface area contributed by atoms with Gasteiger partial charge in [-0.05, 0) is 25.2 Å². The molecular formula is C13H24N2O2. The summed E-state index contributed by atoms with van der Waals surface area (Å²) in [5.74, 6) is 0.958. The Labute approximate surface area is 104 Å². The molecule has 1 aliphatic heterocycles. The van der Waals surface area contributed by atoms with Crippen LogP contribution in [0.25, 0.3) is 0 Å². The maximum atomic E-state index is 12.2. The molecule has 2 aliphatic rings. The van der Waals surface area contributed by atoms with Crippen LogP contribution in [0.1, 0.15) is 32.1 Å². The van der Waals surface area contributed by atoms with Crippen molar-refractivity contribution in [2.75, 3.05) is 27.2 Å². The van der Waals surface area contributed by atoms with E-state index in [4.69, 9.17) is 4.74 Å². The van der Waals surface area contributed by atoms with E-state index in [1.54, 1.807) is 7.11 Å². The van der Waals surface area contributed by atoms with Crippen molar-refractivity contribution in [1.82, 2.24) is 10.2 Å². The lowest BCUT2D eigenvalue weighted by Crippen LogP contribution is -2.43. The van der Waals surface area contributed by atoms with Gasteiger partial charge >= 0.3 is 0 Å². The average Bonchev–Trinajstić information content (AvgIpc) is 2.98. The summed E-state index contributed by atoms with van der Waals surface area (Å²) in [7, 11) is 3.64. The minimum absolute atomic E-state index is 0.0358. The third-order valence-electron chi connectivity index (χ3n) is 4.10. The van der Waals surface area contributed by atoms with Crippen molar-refractivity contribution in [3.05, 3.63) is 0 Å². The number of rotatable bonds is 4. The van der Waals surface area contributed by atoms with Crippen molar-refractivity contribution < 1.29 is 9.53 Å². The number of amides is 1. The lowest BCUT2D eigenvalue weighted by atomic mass is 10.1. The molecule has 0 radical (unpaired) electrons. The quantitative estimate of drug-likeness (QED) is 0.797. The second-order valence-corrected chi connectivity index (χ2v) is 5.42. The highest BCUT2D eigenvalue weighted by Gasteiger charge is 2.32. The number of hydrogen-bond acceptors (Lipinski definition) is 3. The lowest BCUT2D eigenvalue weighted by Gasteiger charge is -2.24. The number of ether oxygens (including phenoxy) is 1. The number of carbonyl (C=O) groups is 1. The molecule has 1 saturated heterocycles. The van der Waals surface area contributed by atoms with Crippen LogP contribution in [-0.4, -0.2) is 50.2 Å². The van der Waals surface area contributed by atoms with Crippen molar-refractivity contribution in [3.8, 4) is 0 Å². The molecule has 2 fully saturated rings. The van der Waals surface area contributed by atoms with Crippen LogP contribution in [-0.2, 0) is 9.53 Å².